The summed E-state index contributed by atoms with van der Waals surface area (Å²) in [6.07, 6.45) is 9.97. The Bertz CT molecular complexity index is 254. The van der Waals surface area contributed by atoms with Crippen LogP contribution in [0.2, 0.25) is 0 Å². The molecular formula is C14H23N. The quantitative estimate of drug-likeness (QED) is 0.536. The zero-order valence-electron chi connectivity index (χ0n) is 10.1. The van der Waals surface area contributed by atoms with Crippen molar-refractivity contribution in [2.75, 3.05) is 6.54 Å². The molecule has 0 spiro atoms. The van der Waals surface area contributed by atoms with E-state index in [1.807, 2.05) is 6.92 Å². The van der Waals surface area contributed by atoms with E-state index in [0.717, 1.165) is 13.0 Å². The minimum Gasteiger partial charge on any atom is -0.313 e. The highest BCUT2D eigenvalue weighted by Gasteiger charge is 2.10. The van der Waals surface area contributed by atoms with Crippen LogP contribution in [-0.2, 0) is 0 Å². The molecule has 0 aromatic carbocycles. The Hall–Kier alpha value is -0.740. The summed E-state index contributed by atoms with van der Waals surface area (Å²) in [7, 11) is 0. The summed E-state index contributed by atoms with van der Waals surface area (Å²) in [4.78, 5) is 0. The first kappa shape index (κ1) is 12.3. The van der Waals surface area contributed by atoms with Crippen LogP contribution < -0.4 is 5.32 Å². The van der Waals surface area contributed by atoms with Gasteiger partial charge in [0.25, 0.3) is 0 Å². The van der Waals surface area contributed by atoms with Crippen molar-refractivity contribution in [3.05, 3.63) is 11.6 Å². The van der Waals surface area contributed by atoms with Crippen molar-refractivity contribution in [3.63, 3.8) is 0 Å². The number of hydrogen-bond donors (Lipinski definition) is 1. The van der Waals surface area contributed by atoms with Crippen LogP contribution in [0.1, 0.15) is 52.4 Å². The smallest absolute Gasteiger partial charge is 0.0246 e. The predicted molar refractivity (Wildman–Crippen MR) is 66.7 cm³/mol. The molecular weight excluding hydrogens is 182 g/mol. The van der Waals surface area contributed by atoms with Crippen LogP contribution in [0.3, 0.4) is 0 Å². The molecule has 1 heteroatoms. The molecule has 0 bridgehead atoms. The molecule has 1 unspecified atom stereocenters. The molecule has 0 amide bonds. The monoisotopic (exact) mass is 205 g/mol. The Kier molecular flexibility index (Phi) is 6.20. The zero-order chi connectivity index (χ0) is 10.9. The van der Waals surface area contributed by atoms with E-state index in [0.29, 0.717) is 6.04 Å². The van der Waals surface area contributed by atoms with Gasteiger partial charge in [0.05, 0.1) is 0 Å². The standard InChI is InChI=1S/C14H23N/c1-3-5-11-14(15-4-2)12-13-9-7-6-8-10-13/h9,14-15H,4,6-8,10-12H2,1-2H3. The molecule has 1 nitrogen and oxygen atoms in total. The lowest BCUT2D eigenvalue weighted by atomic mass is 9.93. The molecule has 84 valence electrons. The van der Waals surface area contributed by atoms with Crippen molar-refractivity contribution in [2.24, 2.45) is 0 Å². The third-order valence-corrected chi connectivity index (χ3v) is 2.91. The van der Waals surface area contributed by atoms with Gasteiger partial charge in [0.2, 0.25) is 0 Å². The van der Waals surface area contributed by atoms with Gasteiger partial charge in [-0.05, 0) is 45.6 Å². The Morgan fingerprint density at radius 1 is 1.47 bits per heavy atom. The molecule has 0 aliphatic heterocycles. The van der Waals surface area contributed by atoms with Gasteiger partial charge in [-0.25, -0.2) is 0 Å². The first-order valence-electron chi connectivity index (χ1n) is 6.17. The van der Waals surface area contributed by atoms with Gasteiger partial charge in [0.1, 0.15) is 0 Å². The molecule has 0 saturated heterocycles. The van der Waals surface area contributed by atoms with E-state index in [9.17, 15) is 0 Å². The average Bonchev–Trinajstić information content (AvgIpc) is 2.28. The highest BCUT2D eigenvalue weighted by Crippen LogP contribution is 2.21. The predicted octanol–water partition coefficient (Wildman–Crippen LogP) is 3.27. The van der Waals surface area contributed by atoms with E-state index in [4.69, 9.17) is 0 Å². The first-order chi connectivity index (χ1) is 7.36. The van der Waals surface area contributed by atoms with Gasteiger partial charge in [0.15, 0.2) is 0 Å². The highest BCUT2D eigenvalue weighted by molar-refractivity contribution is 5.09. The van der Waals surface area contributed by atoms with E-state index in [1.54, 1.807) is 5.57 Å². The summed E-state index contributed by atoms with van der Waals surface area (Å²) in [6.45, 7) is 5.13. The zero-order valence-corrected chi connectivity index (χ0v) is 10.1. The highest BCUT2D eigenvalue weighted by atomic mass is 14.9. The SMILES string of the molecule is CC#CCC(CC1=CCCCC1)NCC. The number of rotatable bonds is 5. The van der Waals surface area contributed by atoms with Crippen LogP contribution in [0.5, 0.6) is 0 Å². The Balaban J connectivity index is 2.40. The van der Waals surface area contributed by atoms with Crippen LogP contribution in [0, 0.1) is 11.8 Å². The van der Waals surface area contributed by atoms with E-state index in [-0.39, 0.29) is 0 Å². The summed E-state index contributed by atoms with van der Waals surface area (Å²) in [5.74, 6) is 6.17. The van der Waals surface area contributed by atoms with E-state index >= 15 is 0 Å². The van der Waals surface area contributed by atoms with Crippen molar-refractivity contribution in [1.82, 2.24) is 5.32 Å². The van der Waals surface area contributed by atoms with E-state index < -0.39 is 0 Å². The molecule has 1 aliphatic carbocycles. The third-order valence-electron chi connectivity index (χ3n) is 2.91. The Morgan fingerprint density at radius 2 is 2.33 bits per heavy atom. The van der Waals surface area contributed by atoms with Gasteiger partial charge < -0.3 is 5.32 Å². The summed E-state index contributed by atoms with van der Waals surface area (Å²) < 4.78 is 0. The molecule has 1 rings (SSSR count). The van der Waals surface area contributed by atoms with Gasteiger partial charge >= 0.3 is 0 Å². The van der Waals surface area contributed by atoms with Gasteiger partial charge in [-0.3, -0.25) is 0 Å². The molecule has 1 atom stereocenters. The fourth-order valence-corrected chi connectivity index (χ4v) is 2.14. The minimum absolute atomic E-state index is 0.562. The first-order valence-corrected chi connectivity index (χ1v) is 6.17. The molecule has 0 saturated carbocycles. The van der Waals surface area contributed by atoms with Gasteiger partial charge in [0, 0.05) is 12.5 Å². The molecule has 0 aromatic rings. The van der Waals surface area contributed by atoms with Crippen LogP contribution >= 0.6 is 0 Å². The average molecular weight is 205 g/mol. The Labute approximate surface area is 94.3 Å². The lowest BCUT2D eigenvalue weighted by Crippen LogP contribution is -2.29. The minimum atomic E-state index is 0.562. The summed E-state index contributed by atoms with van der Waals surface area (Å²) in [6, 6.07) is 0.562. The summed E-state index contributed by atoms with van der Waals surface area (Å²) in [5.41, 5.74) is 1.64. The third kappa shape index (κ3) is 5.04. The van der Waals surface area contributed by atoms with E-state index in [2.05, 4.69) is 30.2 Å². The lowest BCUT2D eigenvalue weighted by molar-refractivity contribution is 0.516. The number of hydrogen-bond acceptors (Lipinski definition) is 1. The maximum absolute atomic E-state index is 3.52. The fourth-order valence-electron chi connectivity index (χ4n) is 2.14. The van der Waals surface area contributed by atoms with Crippen molar-refractivity contribution >= 4 is 0 Å². The molecule has 0 aromatic heterocycles. The maximum Gasteiger partial charge on any atom is 0.0246 e. The topological polar surface area (TPSA) is 12.0 Å². The Morgan fingerprint density at radius 3 is 2.93 bits per heavy atom. The normalized spacial score (nSPS) is 17.6. The van der Waals surface area contributed by atoms with Crippen molar-refractivity contribution < 1.29 is 0 Å². The van der Waals surface area contributed by atoms with Crippen LogP contribution in [0.25, 0.3) is 0 Å². The molecule has 0 heterocycles. The lowest BCUT2D eigenvalue weighted by Gasteiger charge is -2.19. The molecule has 1 N–H and O–H groups in total. The number of allylic oxidation sites excluding steroid dienone is 1. The summed E-state index contributed by atoms with van der Waals surface area (Å²) >= 11 is 0. The number of nitrogens with one attached hydrogen (secondary N) is 1. The van der Waals surface area contributed by atoms with E-state index in [1.165, 1.54) is 32.1 Å². The van der Waals surface area contributed by atoms with Crippen molar-refractivity contribution in [1.29, 1.82) is 0 Å². The van der Waals surface area contributed by atoms with Gasteiger partial charge in [-0.15, -0.1) is 11.8 Å². The van der Waals surface area contributed by atoms with Gasteiger partial charge in [-0.2, -0.15) is 0 Å². The van der Waals surface area contributed by atoms with Crippen LogP contribution in [-0.4, -0.2) is 12.6 Å². The van der Waals surface area contributed by atoms with Crippen molar-refractivity contribution in [2.45, 2.75) is 58.4 Å². The second kappa shape index (κ2) is 7.54. The van der Waals surface area contributed by atoms with Crippen molar-refractivity contribution in [3.8, 4) is 11.8 Å². The second-order valence-corrected chi connectivity index (χ2v) is 4.20. The molecule has 1 aliphatic rings. The largest absolute Gasteiger partial charge is 0.313 e. The maximum atomic E-state index is 3.52. The molecule has 0 radical (unpaired) electrons. The second-order valence-electron chi connectivity index (χ2n) is 4.20. The molecule has 15 heavy (non-hydrogen) atoms. The van der Waals surface area contributed by atoms with Gasteiger partial charge in [-0.1, -0.05) is 18.6 Å². The summed E-state index contributed by atoms with van der Waals surface area (Å²) in [5, 5.41) is 3.52. The molecule has 0 fully saturated rings. The fraction of sp³-hybridized carbons (Fsp3) is 0.714. The van der Waals surface area contributed by atoms with Crippen LogP contribution in [0.15, 0.2) is 11.6 Å². The van der Waals surface area contributed by atoms with Crippen LogP contribution in [0.4, 0.5) is 0 Å².